The van der Waals surface area contributed by atoms with Gasteiger partial charge in [0.2, 0.25) is 0 Å². The summed E-state index contributed by atoms with van der Waals surface area (Å²) in [5, 5.41) is 3.22. The Balaban J connectivity index is 2.08. The van der Waals surface area contributed by atoms with Crippen LogP contribution in [0.2, 0.25) is 0 Å². The predicted molar refractivity (Wildman–Crippen MR) is 45.8 cm³/mol. The third-order valence-electron chi connectivity index (χ3n) is 1.62. The normalized spacial score (nSPS) is 19.5. The van der Waals surface area contributed by atoms with Gasteiger partial charge in [-0.15, -0.1) is 0 Å². The van der Waals surface area contributed by atoms with Gasteiger partial charge in [-0.25, -0.2) is 0 Å². The first-order chi connectivity index (χ1) is 5.24. The first-order valence-electron chi connectivity index (χ1n) is 3.69. The van der Waals surface area contributed by atoms with Gasteiger partial charge in [-0.3, -0.25) is 4.79 Å². The number of alkyl halides is 1. The Morgan fingerprint density at radius 1 is 1.82 bits per heavy atom. The summed E-state index contributed by atoms with van der Waals surface area (Å²) in [5.41, 5.74) is 0. The lowest BCUT2D eigenvalue weighted by Gasteiger charge is -2.07. The van der Waals surface area contributed by atoms with Crippen LogP contribution < -0.4 is 5.32 Å². The Hall–Kier alpha value is -0.0900. The van der Waals surface area contributed by atoms with Gasteiger partial charge in [0.15, 0.2) is 0 Å². The Labute approximate surface area is 74.6 Å². The number of hydrogen-bond donors (Lipinski definition) is 1. The van der Waals surface area contributed by atoms with Crippen molar-refractivity contribution in [2.45, 2.75) is 23.7 Å². The molecule has 1 rings (SSSR count). The summed E-state index contributed by atoms with van der Waals surface area (Å²) in [6.07, 6.45) is 2.47. The van der Waals surface area contributed by atoms with E-state index in [0.717, 1.165) is 0 Å². The van der Waals surface area contributed by atoms with E-state index in [1.807, 2.05) is 0 Å². The molecule has 1 aliphatic rings. The van der Waals surface area contributed by atoms with Crippen LogP contribution in [0.15, 0.2) is 0 Å². The van der Waals surface area contributed by atoms with Gasteiger partial charge in [0.05, 0.1) is 7.11 Å². The second-order valence-corrected chi connectivity index (χ2v) is 3.78. The molecule has 1 fully saturated rings. The predicted octanol–water partition coefficient (Wildman–Crippen LogP) is 0.675. The van der Waals surface area contributed by atoms with Gasteiger partial charge in [0.1, 0.15) is 4.83 Å². The van der Waals surface area contributed by atoms with Crippen molar-refractivity contribution >= 4 is 21.9 Å². The van der Waals surface area contributed by atoms with Crippen molar-refractivity contribution in [3.05, 3.63) is 0 Å². The second-order valence-electron chi connectivity index (χ2n) is 2.67. The van der Waals surface area contributed by atoms with E-state index < -0.39 is 0 Å². The number of carbonyl (C=O) groups excluding carboxylic acids is 1. The first-order valence-corrected chi connectivity index (χ1v) is 4.61. The molecule has 1 N–H and O–H groups in total. The van der Waals surface area contributed by atoms with E-state index in [1.165, 1.54) is 20.0 Å². The highest BCUT2D eigenvalue weighted by atomic mass is 79.9. The third kappa shape index (κ3) is 3.20. The summed E-state index contributed by atoms with van der Waals surface area (Å²) < 4.78 is 4.54. The van der Waals surface area contributed by atoms with Crippen LogP contribution in [-0.2, 0) is 9.53 Å². The van der Waals surface area contributed by atoms with Crippen molar-refractivity contribution in [2.75, 3.05) is 13.7 Å². The number of carbonyl (C=O) groups is 1. The summed E-state index contributed by atoms with van der Waals surface area (Å²) in [4.78, 5) is 10.6. The van der Waals surface area contributed by atoms with Gasteiger partial charge >= 0.3 is 5.97 Å². The lowest BCUT2D eigenvalue weighted by atomic mass is 10.4. The quantitative estimate of drug-likeness (QED) is 0.561. The fraction of sp³-hybridized carbons (Fsp3) is 0.857. The molecule has 0 heterocycles. The zero-order valence-electron chi connectivity index (χ0n) is 6.47. The SMILES string of the molecule is COC(=O)C(Br)CNC1CC1. The zero-order valence-corrected chi connectivity index (χ0v) is 8.06. The van der Waals surface area contributed by atoms with Gasteiger partial charge in [-0.1, -0.05) is 15.9 Å². The summed E-state index contributed by atoms with van der Waals surface area (Å²) in [6.45, 7) is 0.664. The van der Waals surface area contributed by atoms with Crippen LogP contribution >= 0.6 is 15.9 Å². The van der Waals surface area contributed by atoms with Crippen molar-refractivity contribution in [1.29, 1.82) is 0 Å². The molecule has 11 heavy (non-hydrogen) atoms. The Kier molecular flexibility index (Phi) is 3.33. The Bertz CT molecular complexity index is 147. The summed E-state index contributed by atoms with van der Waals surface area (Å²) in [6, 6.07) is 0.639. The van der Waals surface area contributed by atoms with Crippen LogP contribution in [-0.4, -0.2) is 30.5 Å². The van der Waals surface area contributed by atoms with Crippen molar-refractivity contribution in [2.24, 2.45) is 0 Å². The van der Waals surface area contributed by atoms with Gasteiger partial charge < -0.3 is 10.1 Å². The van der Waals surface area contributed by atoms with E-state index in [1.54, 1.807) is 0 Å². The lowest BCUT2D eigenvalue weighted by Crippen LogP contribution is -2.30. The molecule has 4 heteroatoms. The van der Waals surface area contributed by atoms with Crippen LogP contribution in [0.25, 0.3) is 0 Å². The van der Waals surface area contributed by atoms with Crippen LogP contribution in [0, 0.1) is 0 Å². The maximum atomic E-state index is 10.8. The molecular formula is C7H12BrNO2. The minimum Gasteiger partial charge on any atom is -0.468 e. The van der Waals surface area contributed by atoms with E-state index in [0.29, 0.717) is 12.6 Å². The minimum absolute atomic E-state index is 0.201. The second kappa shape index (κ2) is 4.07. The number of esters is 1. The van der Waals surface area contributed by atoms with Crippen molar-refractivity contribution in [3.8, 4) is 0 Å². The van der Waals surface area contributed by atoms with Crippen LogP contribution in [0.1, 0.15) is 12.8 Å². The van der Waals surface area contributed by atoms with Gasteiger partial charge in [-0.05, 0) is 12.8 Å². The highest BCUT2D eigenvalue weighted by molar-refractivity contribution is 9.10. The Morgan fingerprint density at radius 2 is 2.45 bits per heavy atom. The molecule has 3 nitrogen and oxygen atoms in total. The number of nitrogens with one attached hydrogen (secondary N) is 1. The van der Waals surface area contributed by atoms with Gasteiger partial charge in [-0.2, -0.15) is 0 Å². The maximum absolute atomic E-state index is 10.8. The van der Waals surface area contributed by atoms with Crippen molar-refractivity contribution in [1.82, 2.24) is 5.32 Å². The largest absolute Gasteiger partial charge is 0.468 e. The molecular weight excluding hydrogens is 210 g/mol. The molecule has 1 unspecified atom stereocenters. The van der Waals surface area contributed by atoms with Gasteiger partial charge in [0, 0.05) is 12.6 Å². The number of hydrogen-bond acceptors (Lipinski definition) is 3. The number of methoxy groups -OCH3 is 1. The fourth-order valence-corrected chi connectivity index (χ4v) is 1.14. The zero-order chi connectivity index (χ0) is 8.27. The first kappa shape index (κ1) is 9.00. The molecule has 0 aromatic carbocycles. The maximum Gasteiger partial charge on any atom is 0.320 e. The van der Waals surface area contributed by atoms with E-state index >= 15 is 0 Å². The molecule has 1 atom stereocenters. The monoisotopic (exact) mass is 221 g/mol. The van der Waals surface area contributed by atoms with Crippen LogP contribution in [0.5, 0.6) is 0 Å². The van der Waals surface area contributed by atoms with E-state index in [-0.39, 0.29) is 10.8 Å². The molecule has 0 bridgehead atoms. The highest BCUT2D eigenvalue weighted by Crippen LogP contribution is 2.18. The smallest absolute Gasteiger partial charge is 0.320 e. The Morgan fingerprint density at radius 3 is 2.91 bits per heavy atom. The standard InChI is InChI=1S/C7H12BrNO2/c1-11-7(10)6(8)4-9-5-2-3-5/h5-6,9H,2-4H2,1H3. The number of halogens is 1. The van der Waals surface area contributed by atoms with E-state index in [4.69, 9.17) is 0 Å². The molecule has 0 spiro atoms. The minimum atomic E-state index is -0.210. The van der Waals surface area contributed by atoms with Crippen LogP contribution in [0.3, 0.4) is 0 Å². The summed E-state index contributed by atoms with van der Waals surface area (Å²) in [7, 11) is 1.40. The molecule has 0 aromatic rings. The van der Waals surface area contributed by atoms with Gasteiger partial charge in [0.25, 0.3) is 0 Å². The third-order valence-corrected chi connectivity index (χ3v) is 2.32. The van der Waals surface area contributed by atoms with E-state index in [9.17, 15) is 4.79 Å². The fourth-order valence-electron chi connectivity index (χ4n) is 0.769. The molecule has 0 aromatic heterocycles. The summed E-state index contributed by atoms with van der Waals surface area (Å²) >= 11 is 3.22. The molecule has 0 radical (unpaired) electrons. The highest BCUT2D eigenvalue weighted by Gasteiger charge is 2.23. The average Bonchev–Trinajstić information content (AvgIpc) is 2.81. The molecule has 0 aliphatic heterocycles. The molecule has 1 saturated carbocycles. The summed E-state index contributed by atoms with van der Waals surface area (Å²) in [5.74, 6) is -0.210. The van der Waals surface area contributed by atoms with E-state index in [2.05, 4.69) is 26.0 Å². The average molecular weight is 222 g/mol. The van der Waals surface area contributed by atoms with Crippen molar-refractivity contribution < 1.29 is 9.53 Å². The molecule has 0 saturated heterocycles. The molecule has 1 aliphatic carbocycles. The topological polar surface area (TPSA) is 38.3 Å². The van der Waals surface area contributed by atoms with Crippen LogP contribution in [0.4, 0.5) is 0 Å². The lowest BCUT2D eigenvalue weighted by molar-refractivity contribution is -0.139. The number of rotatable bonds is 4. The number of ether oxygens (including phenoxy) is 1. The van der Waals surface area contributed by atoms with Crippen molar-refractivity contribution in [3.63, 3.8) is 0 Å². The molecule has 0 amide bonds. The molecule has 64 valence electrons.